The number of nitrogens with two attached hydrogens (primary N) is 1. The molecule has 0 aliphatic rings. The van der Waals surface area contributed by atoms with Gasteiger partial charge in [0, 0.05) is 18.0 Å². The third kappa shape index (κ3) is 2.89. The smallest absolute Gasteiger partial charge is 0.258 e. The van der Waals surface area contributed by atoms with Crippen molar-refractivity contribution < 1.29 is 4.79 Å². The van der Waals surface area contributed by atoms with Gasteiger partial charge in [-0.1, -0.05) is 18.2 Å². The van der Waals surface area contributed by atoms with E-state index in [0.717, 1.165) is 5.56 Å². The topological polar surface area (TPSA) is 80.9 Å². The summed E-state index contributed by atoms with van der Waals surface area (Å²) < 4.78 is 0. The molecule has 5 nitrogen and oxygen atoms in total. The monoisotopic (exact) mass is 242 g/mol. The summed E-state index contributed by atoms with van der Waals surface area (Å²) in [6.45, 7) is 0.506. The van der Waals surface area contributed by atoms with Gasteiger partial charge in [-0.15, -0.1) is 0 Å². The van der Waals surface area contributed by atoms with Crippen molar-refractivity contribution >= 4 is 11.9 Å². The predicted molar refractivity (Wildman–Crippen MR) is 69.2 cm³/mol. The van der Waals surface area contributed by atoms with Crippen LogP contribution in [0.2, 0.25) is 0 Å². The van der Waals surface area contributed by atoms with Crippen LogP contribution in [0.4, 0.5) is 5.95 Å². The Morgan fingerprint density at radius 3 is 2.61 bits per heavy atom. The highest BCUT2D eigenvalue weighted by Crippen LogP contribution is 2.10. The number of rotatable bonds is 4. The number of amides is 1. The van der Waals surface area contributed by atoms with E-state index in [4.69, 9.17) is 5.73 Å². The quantitative estimate of drug-likeness (QED) is 0.845. The van der Waals surface area contributed by atoms with Crippen LogP contribution in [0.25, 0.3) is 0 Å². The van der Waals surface area contributed by atoms with Gasteiger partial charge in [-0.2, -0.15) is 0 Å². The summed E-state index contributed by atoms with van der Waals surface area (Å²) in [5.74, 6) is 0.0790. The van der Waals surface area contributed by atoms with Crippen LogP contribution in [-0.4, -0.2) is 22.4 Å². The van der Waals surface area contributed by atoms with Crippen LogP contribution in [0.3, 0.4) is 0 Å². The van der Waals surface area contributed by atoms with Crippen LogP contribution in [0.15, 0.2) is 42.7 Å². The van der Waals surface area contributed by atoms with Crippen molar-refractivity contribution in [2.45, 2.75) is 6.42 Å². The van der Waals surface area contributed by atoms with Crippen molar-refractivity contribution in [1.29, 1.82) is 0 Å². The summed E-state index contributed by atoms with van der Waals surface area (Å²) in [5.41, 5.74) is 7.06. The van der Waals surface area contributed by atoms with Crippen LogP contribution in [0.5, 0.6) is 0 Å². The second kappa shape index (κ2) is 5.88. The summed E-state index contributed by atoms with van der Waals surface area (Å²) in [5, 5.41) is 2.66. The molecule has 3 N–H and O–H groups in total. The van der Waals surface area contributed by atoms with E-state index in [1.54, 1.807) is 24.5 Å². The first-order chi connectivity index (χ1) is 8.81. The molecule has 0 saturated heterocycles. The number of anilines is 1. The molecule has 18 heavy (non-hydrogen) atoms. The molecule has 1 aromatic carbocycles. The van der Waals surface area contributed by atoms with Crippen molar-refractivity contribution in [3.8, 4) is 0 Å². The summed E-state index contributed by atoms with van der Waals surface area (Å²) in [6, 6.07) is 9.07. The number of hydrogen-bond acceptors (Lipinski definition) is 4. The van der Waals surface area contributed by atoms with E-state index < -0.39 is 0 Å². The Hall–Kier alpha value is -2.27. The van der Waals surface area contributed by atoms with Gasteiger partial charge in [0.15, 0.2) is 0 Å². The summed E-state index contributed by atoms with van der Waals surface area (Å²) in [7, 11) is 0. The molecule has 0 radical (unpaired) electrons. The molecule has 0 spiro atoms. The molecular formula is C13H14N4O. The van der Waals surface area contributed by atoms with E-state index in [1.807, 2.05) is 18.2 Å². The molecule has 0 aliphatic heterocycles. The van der Waals surface area contributed by atoms with Gasteiger partial charge >= 0.3 is 0 Å². The van der Waals surface area contributed by atoms with E-state index in [0.29, 0.717) is 24.5 Å². The molecule has 0 fully saturated rings. The SMILES string of the molecule is NCCc1ccccc1C(=O)Nc1ncccn1. The van der Waals surface area contributed by atoms with E-state index in [9.17, 15) is 4.79 Å². The minimum atomic E-state index is -0.217. The standard InChI is InChI=1S/C13H14N4O/c14-7-6-10-4-1-2-5-11(10)12(18)17-13-15-8-3-9-16-13/h1-5,8-9H,6-7,14H2,(H,15,16,17,18). The van der Waals surface area contributed by atoms with Gasteiger partial charge in [0.05, 0.1) is 0 Å². The number of carbonyl (C=O) groups excluding carboxylic acids is 1. The fourth-order valence-electron chi connectivity index (χ4n) is 1.65. The molecular weight excluding hydrogens is 228 g/mol. The van der Waals surface area contributed by atoms with Gasteiger partial charge in [-0.25, -0.2) is 9.97 Å². The van der Waals surface area contributed by atoms with E-state index >= 15 is 0 Å². The van der Waals surface area contributed by atoms with E-state index in [-0.39, 0.29) is 5.91 Å². The highest BCUT2D eigenvalue weighted by molar-refractivity contribution is 6.04. The maximum absolute atomic E-state index is 12.1. The first-order valence-electron chi connectivity index (χ1n) is 5.67. The Morgan fingerprint density at radius 2 is 1.89 bits per heavy atom. The average molecular weight is 242 g/mol. The van der Waals surface area contributed by atoms with Crippen molar-refractivity contribution in [1.82, 2.24) is 9.97 Å². The van der Waals surface area contributed by atoms with Gasteiger partial charge in [0.1, 0.15) is 0 Å². The molecule has 1 heterocycles. The molecule has 5 heteroatoms. The first kappa shape index (κ1) is 12.2. The minimum absolute atomic E-state index is 0.217. The predicted octanol–water partition coefficient (Wildman–Crippen LogP) is 1.23. The number of benzene rings is 1. The van der Waals surface area contributed by atoms with Gasteiger partial charge in [0.2, 0.25) is 5.95 Å². The first-order valence-corrected chi connectivity index (χ1v) is 5.67. The Kier molecular flexibility index (Phi) is 3.98. The summed E-state index contributed by atoms with van der Waals surface area (Å²) >= 11 is 0. The Morgan fingerprint density at radius 1 is 1.17 bits per heavy atom. The normalized spacial score (nSPS) is 10.1. The Bertz CT molecular complexity index is 528. The van der Waals surface area contributed by atoms with Crippen LogP contribution in [-0.2, 0) is 6.42 Å². The van der Waals surface area contributed by atoms with Crippen LogP contribution in [0.1, 0.15) is 15.9 Å². The lowest BCUT2D eigenvalue weighted by molar-refractivity contribution is 0.102. The molecule has 2 aromatic rings. The molecule has 0 unspecified atom stereocenters. The molecule has 0 atom stereocenters. The lowest BCUT2D eigenvalue weighted by Crippen LogP contribution is -2.17. The van der Waals surface area contributed by atoms with Gasteiger partial charge in [-0.05, 0) is 30.7 Å². The third-order valence-electron chi connectivity index (χ3n) is 2.47. The number of aromatic nitrogens is 2. The van der Waals surface area contributed by atoms with Gasteiger partial charge in [-0.3, -0.25) is 10.1 Å². The molecule has 2 rings (SSSR count). The number of nitrogens with one attached hydrogen (secondary N) is 1. The molecule has 92 valence electrons. The third-order valence-corrected chi connectivity index (χ3v) is 2.47. The van der Waals surface area contributed by atoms with Crippen LogP contribution in [0, 0.1) is 0 Å². The van der Waals surface area contributed by atoms with Crippen LogP contribution < -0.4 is 11.1 Å². The number of hydrogen-bond donors (Lipinski definition) is 2. The van der Waals surface area contributed by atoms with E-state index in [2.05, 4.69) is 15.3 Å². The highest BCUT2D eigenvalue weighted by Gasteiger charge is 2.11. The highest BCUT2D eigenvalue weighted by atomic mass is 16.1. The fraction of sp³-hybridized carbons (Fsp3) is 0.154. The Labute approximate surface area is 105 Å². The van der Waals surface area contributed by atoms with Crippen LogP contribution >= 0.6 is 0 Å². The van der Waals surface area contributed by atoms with Crippen molar-refractivity contribution in [2.24, 2.45) is 5.73 Å². The van der Waals surface area contributed by atoms with Gasteiger partial charge < -0.3 is 5.73 Å². The second-order valence-corrected chi connectivity index (χ2v) is 3.72. The fourth-order valence-corrected chi connectivity index (χ4v) is 1.65. The molecule has 1 amide bonds. The zero-order valence-electron chi connectivity index (χ0n) is 9.84. The van der Waals surface area contributed by atoms with Gasteiger partial charge in [0.25, 0.3) is 5.91 Å². The maximum atomic E-state index is 12.1. The number of carbonyl (C=O) groups is 1. The van der Waals surface area contributed by atoms with Crippen molar-refractivity contribution in [2.75, 3.05) is 11.9 Å². The minimum Gasteiger partial charge on any atom is -0.330 e. The molecule has 1 aromatic heterocycles. The summed E-state index contributed by atoms with van der Waals surface area (Å²) in [4.78, 5) is 20.0. The average Bonchev–Trinajstić information content (AvgIpc) is 2.41. The zero-order chi connectivity index (χ0) is 12.8. The lowest BCUT2D eigenvalue weighted by Gasteiger charge is -2.08. The molecule has 0 aliphatic carbocycles. The second-order valence-electron chi connectivity index (χ2n) is 3.72. The van der Waals surface area contributed by atoms with E-state index in [1.165, 1.54) is 0 Å². The zero-order valence-corrected chi connectivity index (χ0v) is 9.84. The van der Waals surface area contributed by atoms with Crippen molar-refractivity contribution in [3.63, 3.8) is 0 Å². The Balaban J connectivity index is 2.19. The van der Waals surface area contributed by atoms with Crippen molar-refractivity contribution in [3.05, 3.63) is 53.9 Å². The largest absolute Gasteiger partial charge is 0.330 e. The number of nitrogens with zero attached hydrogens (tertiary/aromatic N) is 2. The maximum Gasteiger partial charge on any atom is 0.258 e. The molecule has 0 saturated carbocycles. The molecule has 0 bridgehead atoms. The lowest BCUT2D eigenvalue weighted by atomic mass is 10.0. The summed E-state index contributed by atoms with van der Waals surface area (Å²) in [6.07, 6.45) is 3.82.